The molecule has 0 saturated carbocycles. The Kier molecular flexibility index (Phi) is 10.8. The Morgan fingerprint density at radius 1 is 0.571 bits per heavy atom. The first-order valence-electron chi connectivity index (χ1n) is 17.0. The van der Waals surface area contributed by atoms with E-state index in [1.807, 2.05) is 0 Å². The second-order valence-corrected chi connectivity index (χ2v) is 12.4. The van der Waals surface area contributed by atoms with Gasteiger partial charge in [0.2, 0.25) is 0 Å². The first-order valence-corrected chi connectivity index (χ1v) is 17.0. The molecule has 3 aliphatic rings. The second-order valence-electron chi connectivity index (χ2n) is 12.4. The van der Waals surface area contributed by atoms with Crippen molar-refractivity contribution in [1.82, 2.24) is 0 Å². The monoisotopic (exact) mass is 564 g/mol. The van der Waals surface area contributed by atoms with E-state index >= 15 is 0 Å². The summed E-state index contributed by atoms with van der Waals surface area (Å²) in [6.45, 7) is 10.5. The van der Waals surface area contributed by atoms with Crippen LogP contribution in [0.4, 0.5) is 0 Å². The molecule has 2 heteroatoms. The molecule has 0 aliphatic heterocycles. The molecule has 3 aliphatic carbocycles. The zero-order chi connectivity index (χ0) is 29.3. The number of ether oxygens (including phenoxy) is 2. The van der Waals surface area contributed by atoms with E-state index in [9.17, 15) is 0 Å². The van der Waals surface area contributed by atoms with Crippen LogP contribution < -0.4 is 9.47 Å². The molecule has 2 nitrogen and oxygen atoms in total. The summed E-state index contributed by atoms with van der Waals surface area (Å²) in [4.78, 5) is 0. The molecular weight excluding hydrogens is 512 g/mol. The van der Waals surface area contributed by atoms with Crippen LogP contribution in [-0.4, -0.2) is 13.2 Å². The second kappa shape index (κ2) is 14.9. The van der Waals surface area contributed by atoms with Crippen LogP contribution in [0, 0.1) is 6.92 Å². The molecule has 0 spiro atoms. The summed E-state index contributed by atoms with van der Waals surface area (Å²) >= 11 is 0. The van der Waals surface area contributed by atoms with Crippen LogP contribution in [-0.2, 0) is 0 Å². The van der Waals surface area contributed by atoms with Gasteiger partial charge in [0.15, 0.2) is 0 Å². The minimum atomic E-state index is 0.152. The van der Waals surface area contributed by atoms with Gasteiger partial charge in [0.25, 0.3) is 0 Å². The number of benzene rings is 3. The number of hydrogen-bond acceptors (Lipinski definition) is 2. The lowest BCUT2D eigenvalue weighted by Crippen LogP contribution is -2.30. The van der Waals surface area contributed by atoms with Crippen molar-refractivity contribution >= 4 is 6.08 Å². The van der Waals surface area contributed by atoms with E-state index in [0.717, 1.165) is 37.6 Å². The van der Waals surface area contributed by atoms with E-state index in [-0.39, 0.29) is 11.8 Å². The fraction of sp³-hybridized carbons (Fsp3) is 0.500. The Hall–Kier alpha value is -3.00. The summed E-state index contributed by atoms with van der Waals surface area (Å²) in [5, 5.41) is 0. The zero-order valence-electron chi connectivity index (χ0n) is 26.6. The standard InChI is InChI=1S/C40H52O2/c1-5-8-10-12-14-18-27-41-33-25-26-34(42-28-19-15-13-11-9-6-2)40-38-32-22-17-16-21-31(32)37(39(33)40)35-29(4)23-24-30(20-7-3)36(35)38/h7,16-17,20-26,37-38H,5-6,8-15,18-19,27-28H2,1-4H3/b20-7+/t37?,38-/m1/s1. The van der Waals surface area contributed by atoms with Crippen LogP contribution in [0.2, 0.25) is 0 Å². The van der Waals surface area contributed by atoms with Gasteiger partial charge in [-0.3, -0.25) is 0 Å². The molecule has 2 atom stereocenters. The highest BCUT2D eigenvalue weighted by atomic mass is 16.5. The minimum absolute atomic E-state index is 0.152. The molecule has 1 unspecified atom stereocenters. The average Bonchev–Trinajstić information content (AvgIpc) is 3.01. The highest BCUT2D eigenvalue weighted by Crippen LogP contribution is 2.61. The molecule has 0 amide bonds. The summed E-state index contributed by atoms with van der Waals surface area (Å²) in [5.74, 6) is 2.42. The first-order chi connectivity index (χ1) is 20.7. The normalized spacial score (nSPS) is 16.4. The van der Waals surface area contributed by atoms with Crippen molar-refractivity contribution in [3.05, 3.63) is 99.1 Å². The molecule has 0 fully saturated rings. The molecule has 2 bridgehead atoms. The van der Waals surface area contributed by atoms with Crippen LogP contribution >= 0.6 is 0 Å². The maximum atomic E-state index is 6.69. The average molecular weight is 565 g/mol. The molecule has 42 heavy (non-hydrogen) atoms. The van der Waals surface area contributed by atoms with Crippen LogP contribution in [0.1, 0.15) is 154 Å². The van der Waals surface area contributed by atoms with Gasteiger partial charge < -0.3 is 9.47 Å². The van der Waals surface area contributed by atoms with Crippen molar-refractivity contribution < 1.29 is 9.47 Å². The molecule has 0 aromatic heterocycles. The third kappa shape index (κ3) is 6.34. The Balaban J connectivity index is 1.51. The Labute approximate surface area is 255 Å². The van der Waals surface area contributed by atoms with Gasteiger partial charge in [-0.2, -0.15) is 0 Å². The molecule has 224 valence electrons. The van der Waals surface area contributed by atoms with Crippen LogP contribution in [0.15, 0.2) is 54.6 Å². The summed E-state index contributed by atoms with van der Waals surface area (Å²) < 4.78 is 13.4. The van der Waals surface area contributed by atoms with Gasteiger partial charge in [-0.05, 0) is 72.2 Å². The van der Waals surface area contributed by atoms with E-state index in [2.05, 4.69) is 88.4 Å². The number of unbranched alkanes of at least 4 members (excludes halogenated alkanes) is 10. The molecule has 0 N–H and O–H groups in total. The maximum absolute atomic E-state index is 6.69. The van der Waals surface area contributed by atoms with E-state index in [0.29, 0.717) is 0 Å². The van der Waals surface area contributed by atoms with Gasteiger partial charge in [0.1, 0.15) is 11.5 Å². The van der Waals surface area contributed by atoms with Crippen molar-refractivity contribution in [1.29, 1.82) is 0 Å². The highest BCUT2D eigenvalue weighted by Gasteiger charge is 2.46. The van der Waals surface area contributed by atoms with Gasteiger partial charge in [-0.15, -0.1) is 0 Å². The summed E-state index contributed by atoms with van der Waals surface area (Å²) in [6.07, 6.45) is 19.7. The maximum Gasteiger partial charge on any atom is 0.124 e. The molecule has 0 heterocycles. The van der Waals surface area contributed by atoms with Crippen molar-refractivity contribution in [2.75, 3.05) is 13.2 Å². The van der Waals surface area contributed by atoms with Crippen LogP contribution in [0.5, 0.6) is 11.5 Å². The lowest BCUT2D eigenvalue weighted by molar-refractivity contribution is 0.289. The lowest BCUT2D eigenvalue weighted by Gasteiger charge is -2.45. The first kappa shape index (κ1) is 30.5. The van der Waals surface area contributed by atoms with Crippen LogP contribution in [0.25, 0.3) is 6.08 Å². The molecule has 3 aromatic rings. The Morgan fingerprint density at radius 2 is 1.07 bits per heavy atom. The lowest BCUT2D eigenvalue weighted by atomic mass is 9.59. The van der Waals surface area contributed by atoms with Crippen LogP contribution in [0.3, 0.4) is 0 Å². The van der Waals surface area contributed by atoms with E-state index < -0.39 is 0 Å². The molecule has 6 rings (SSSR count). The van der Waals surface area contributed by atoms with Gasteiger partial charge in [-0.25, -0.2) is 0 Å². The van der Waals surface area contributed by atoms with E-state index in [1.54, 1.807) is 0 Å². The quantitative estimate of drug-likeness (QED) is 0.105. The van der Waals surface area contributed by atoms with Crippen molar-refractivity contribution in [3.8, 4) is 11.5 Å². The van der Waals surface area contributed by atoms with Gasteiger partial charge in [0, 0.05) is 23.0 Å². The number of aryl methyl sites for hydroxylation is 1. The van der Waals surface area contributed by atoms with E-state index in [4.69, 9.17) is 9.47 Å². The Morgan fingerprint density at radius 3 is 1.60 bits per heavy atom. The van der Waals surface area contributed by atoms with Crippen molar-refractivity contribution in [2.45, 2.75) is 117 Å². The number of hydrogen-bond donors (Lipinski definition) is 0. The number of rotatable bonds is 17. The fourth-order valence-electron chi connectivity index (χ4n) is 7.31. The minimum Gasteiger partial charge on any atom is -0.493 e. The summed E-state index contributed by atoms with van der Waals surface area (Å²) in [7, 11) is 0. The molecule has 0 radical (unpaired) electrons. The third-order valence-electron chi connectivity index (χ3n) is 9.38. The SMILES string of the molecule is C/C=C/c1ccc(C)c2c1[C@H]1c3ccccc3C2c2c(OCCCCCCCC)ccc(OCCCCCCCC)c21. The fourth-order valence-corrected chi connectivity index (χ4v) is 7.31. The zero-order valence-corrected chi connectivity index (χ0v) is 26.6. The molecular formula is C40H52O2. The third-order valence-corrected chi connectivity index (χ3v) is 9.38. The Bertz CT molecular complexity index is 1350. The number of allylic oxidation sites excluding steroid dienone is 1. The van der Waals surface area contributed by atoms with Gasteiger partial charge in [-0.1, -0.05) is 127 Å². The predicted molar refractivity (Wildman–Crippen MR) is 178 cm³/mol. The van der Waals surface area contributed by atoms with E-state index in [1.165, 1.54) is 109 Å². The van der Waals surface area contributed by atoms with Gasteiger partial charge >= 0.3 is 0 Å². The summed E-state index contributed by atoms with van der Waals surface area (Å²) in [5.41, 5.74) is 11.2. The largest absolute Gasteiger partial charge is 0.493 e. The van der Waals surface area contributed by atoms with Crippen molar-refractivity contribution in [3.63, 3.8) is 0 Å². The molecule has 0 saturated heterocycles. The predicted octanol–water partition coefficient (Wildman–Crippen LogP) is 11.5. The summed E-state index contributed by atoms with van der Waals surface area (Å²) in [6, 6.07) is 18.2. The van der Waals surface area contributed by atoms with Gasteiger partial charge in [0.05, 0.1) is 13.2 Å². The molecule has 3 aromatic carbocycles. The highest BCUT2D eigenvalue weighted by molar-refractivity contribution is 5.77. The smallest absolute Gasteiger partial charge is 0.124 e. The topological polar surface area (TPSA) is 18.5 Å². The van der Waals surface area contributed by atoms with Crippen molar-refractivity contribution in [2.24, 2.45) is 0 Å².